The molecule has 1 N–H and O–H groups in total. The second-order valence-corrected chi connectivity index (χ2v) is 11.6. The van der Waals surface area contributed by atoms with Crippen molar-refractivity contribution in [2.75, 3.05) is 0 Å². The quantitative estimate of drug-likeness (QED) is 0.207. The first-order valence-corrected chi connectivity index (χ1v) is 15.3. The topological polar surface area (TPSA) is 75.9 Å². The molecule has 1 unspecified atom stereocenters. The van der Waals surface area contributed by atoms with Crippen LogP contribution in [0, 0.1) is 0 Å². The minimum Gasteiger partial charge on any atom is -0.456 e. The average Bonchev–Trinajstić information content (AvgIpc) is 3.70. The molecule has 9 aromatic rings. The van der Waals surface area contributed by atoms with Gasteiger partial charge in [-0.2, -0.15) is 0 Å². The van der Waals surface area contributed by atoms with Crippen LogP contribution in [0.2, 0.25) is 0 Å². The lowest BCUT2D eigenvalue weighted by atomic mass is 9.95. The van der Waals surface area contributed by atoms with Gasteiger partial charge in [-0.3, -0.25) is 4.98 Å². The van der Waals surface area contributed by atoms with Crippen molar-refractivity contribution in [2.24, 2.45) is 9.98 Å². The molecule has 10 rings (SSSR count). The zero-order valence-electron chi connectivity index (χ0n) is 24.4. The molecule has 6 nitrogen and oxygen atoms in total. The summed E-state index contributed by atoms with van der Waals surface area (Å²) in [5.41, 5.74) is 6.15. The number of nitrogens with zero attached hydrogens (tertiary/aromatic N) is 3. The zero-order valence-corrected chi connectivity index (χ0v) is 24.4. The van der Waals surface area contributed by atoms with Crippen LogP contribution < -0.4 is 5.32 Å². The molecule has 1 aliphatic heterocycles. The van der Waals surface area contributed by atoms with E-state index in [9.17, 15) is 0 Å². The summed E-state index contributed by atoms with van der Waals surface area (Å²) in [6, 6.07) is 41.5. The van der Waals surface area contributed by atoms with Gasteiger partial charge in [-0.15, -0.1) is 0 Å². The molecule has 0 radical (unpaired) electrons. The molecule has 6 aromatic carbocycles. The predicted octanol–water partition coefficient (Wildman–Crippen LogP) is 9.68. The van der Waals surface area contributed by atoms with Crippen LogP contribution in [0.4, 0.5) is 0 Å². The van der Waals surface area contributed by atoms with Gasteiger partial charge in [0.2, 0.25) is 0 Å². The number of rotatable bonds is 3. The monoisotopic (exact) mass is 592 g/mol. The summed E-state index contributed by atoms with van der Waals surface area (Å²) < 4.78 is 12.5. The molecular formula is C40H24N4O2. The summed E-state index contributed by atoms with van der Waals surface area (Å²) in [5, 5.41) is 12.3. The molecule has 0 bridgehead atoms. The number of hydrogen-bond acceptors (Lipinski definition) is 6. The highest BCUT2D eigenvalue weighted by Gasteiger charge is 2.26. The fourth-order valence-electron chi connectivity index (χ4n) is 7.00. The van der Waals surface area contributed by atoms with Crippen LogP contribution in [0.15, 0.2) is 153 Å². The van der Waals surface area contributed by atoms with Gasteiger partial charge in [0, 0.05) is 50.6 Å². The molecule has 216 valence electrons. The van der Waals surface area contributed by atoms with Gasteiger partial charge in [0.05, 0.1) is 0 Å². The van der Waals surface area contributed by atoms with Crippen molar-refractivity contribution in [1.29, 1.82) is 0 Å². The lowest BCUT2D eigenvalue weighted by Gasteiger charge is -2.24. The van der Waals surface area contributed by atoms with Gasteiger partial charge in [-0.1, -0.05) is 91.0 Å². The van der Waals surface area contributed by atoms with Crippen molar-refractivity contribution in [3.05, 3.63) is 150 Å². The molecular weight excluding hydrogens is 568 g/mol. The van der Waals surface area contributed by atoms with Gasteiger partial charge in [0.25, 0.3) is 0 Å². The Kier molecular flexibility index (Phi) is 5.25. The normalized spacial score (nSPS) is 15.2. The largest absolute Gasteiger partial charge is 0.456 e. The highest BCUT2D eigenvalue weighted by molar-refractivity contribution is 6.27. The van der Waals surface area contributed by atoms with Crippen LogP contribution in [-0.2, 0) is 0 Å². The first-order chi connectivity index (χ1) is 22.8. The van der Waals surface area contributed by atoms with E-state index in [-0.39, 0.29) is 0 Å². The average molecular weight is 593 g/mol. The first-order valence-electron chi connectivity index (χ1n) is 15.3. The number of aromatic nitrogens is 1. The van der Waals surface area contributed by atoms with Crippen molar-refractivity contribution in [1.82, 2.24) is 10.3 Å². The summed E-state index contributed by atoms with van der Waals surface area (Å²) >= 11 is 0. The highest BCUT2D eigenvalue weighted by atomic mass is 16.3. The number of pyridine rings is 1. The summed E-state index contributed by atoms with van der Waals surface area (Å²) in [6.07, 6.45) is 3.10. The molecule has 1 atom stereocenters. The maximum absolute atomic E-state index is 6.28. The van der Waals surface area contributed by atoms with E-state index in [1.807, 2.05) is 54.7 Å². The van der Waals surface area contributed by atoms with Crippen LogP contribution in [0.25, 0.3) is 65.4 Å². The van der Waals surface area contributed by atoms with Gasteiger partial charge >= 0.3 is 0 Å². The minimum absolute atomic E-state index is 0.513. The fraction of sp³-hybridized carbons (Fsp3) is 0.0250. The van der Waals surface area contributed by atoms with Crippen LogP contribution in [0.1, 0.15) is 22.9 Å². The lowest BCUT2D eigenvalue weighted by Crippen LogP contribution is -2.36. The highest BCUT2D eigenvalue weighted by Crippen LogP contribution is 2.38. The van der Waals surface area contributed by atoms with Crippen LogP contribution in [0.3, 0.4) is 0 Å². The maximum Gasteiger partial charge on any atom is 0.170 e. The molecule has 6 heteroatoms. The number of furan rings is 2. The van der Waals surface area contributed by atoms with Crippen LogP contribution in [-0.4, -0.2) is 16.7 Å². The summed E-state index contributed by atoms with van der Waals surface area (Å²) in [5.74, 6) is 1.45. The van der Waals surface area contributed by atoms with Crippen molar-refractivity contribution in [2.45, 2.75) is 6.17 Å². The van der Waals surface area contributed by atoms with E-state index in [4.69, 9.17) is 18.8 Å². The number of hydrogen-bond donors (Lipinski definition) is 1. The smallest absolute Gasteiger partial charge is 0.170 e. The summed E-state index contributed by atoms with van der Waals surface area (Å²) in [7, 11) is 0. The van der Waals surface area contributed by atoms with Gasteiger partial charge in [0.1, 0.15) is 34.0 Å². The molecule has 0 fully saturated rings. The minimum atomic E-state index is -0.513. The van der Waals surface area contributed by atoms with Crippen molar-refractivity contribution < 1.29 is 8.83 Å². The molecule has 4 heterocycles. The Labute approximate surface area is 262 Å². The fourth-order valence-corrected chi connectivity index (χ4v) is 7.00. The molecule has 0 saturated heterocycles. The molecule has 46 heavy (non-hydrogen) atoms. The third-order valence-electron chi connectivity index (χ3n) is 9.03. The third kappa shape index (κ3) is 3.67. The number of fused-ring (bicyclic) bond motifs is 9. The van der Waals surface area contributed by atoms with E-state index in [1.165, 1.54) is 10.8 Å². The van der Waals surface area contributed by atoms with Gasteiger partial charge in [-0.05, 0) is 51.9 Å². The third-order valence-corrected chi connectivity index (χ3v) is 9.03. The Morgan fingerprint density at radius 3 is 1.85 bits per heavy atom. The van der Waals surface area contributed by atoms with E-state index in [1.54, 1.807) is 6.20 Å². The molecule has 0 spiro atoms. The second kappa shape index (κ2) is 9.61. The van der Waals surface area contributed by atoms with Crippen LogP contribution >= 0.6 is 0 Å². The van der Waals surface area contributed by atoms with Crippen LogP contribution in [0.5, 0.6) is 0 Å². The number of amidine groups is 2. The van der Waals surface area contributed by atoms with Gasteiger partial charge < -0.3 is 14.2 Å². The molecule has 1 aliphatic rings. The predicted molar refractivity (Wildman–Crippen MR) is 186 cm³/mol. The molecule has 0 aliphatic carbocycles. The number of para-hydroxylation sites is 1. The Hall–Kier alpha value is -6.27. The van der Waals surface area contributed by atoms with E-state index in [0.29, 0.717) is 5.84 Å². The number of nitrogens with one attached hydrogen (secondary N) is 1. The first kappa shape index (κ1) is 25.1. The van der Waals surface area contributed by atoms with Crippen molar-refractivity contribution in [3.63, 3.8) is 0 Å². The Bertz CT molecular complexity index is 2620. The van der Waals surface area contributed by atoms with Crippen molar-refractivity contribution >= 4 is 77.1 Å². The zero-order chi connectivity index (χ0) is 30.2. The molecule has 0 saturated carbocycles. The SMILES string of the molecule is c1ccc2c(c1)cc(C1N=C(c3cccc4oc5ccccc5c34)NC(c3cccc4oc5ccncc5c34)=N1)c1ccccc12. The molecule has 0 amide bonds. The summed E-state index contributed by atoms with van der Waals surface area (Å²) in [6.45, 7) is 0. The standard InChI is InChI=1S/C40H24N4O2/c1-2-10-24-23(9-1)21-30(26-12-4-3-11-25(24)26)40-43-38(28-14-7-17-34-36(28)27-13-5-6-16-32(27)45-34)42-39(44-40)29-15-8-18-35-37(29)31-22-41-20-19-33(31)46-35/h1-22,40H,(H,42,43,44). The second-order valence-electron chi connectivity index (χ2n) is 11.6. The van der Waals surface area contributed by atoms with E-state index in [2.05, 4.69) is 83.1 Å². The van der Waals surface area contributed by atoms with Gasteiger partial charge in [-0.25, -0.2) is 9.98 Å². The lowest BCUT2D eigenvalue weighted by molar-refractivity contribution is 0.668. The molecule has 3 aromatic heterocycles. The van der Waals surface area contributed by atoms with Crippen molar-refractivity contribution in [3.8, 4) is 0 Å². The summed E-state index contributed by atoms with van der Waals surface area (Å²) in [4.78, 5) is 15.1. The van der Waals surface area contributed by atoms with E-state index < -0.39 is 6.17 Å². The van der Waals surface area contributed by atoms with Gasteiger partial charge in [0.15, 0.2) is 6.17 Å². The maximum atomic E-state index is 6.28. The van der Waals surface area contributed by atoms with E-state index >= 15 is 0 Å². The Morgan fingerprint density at radius 2 is 1.09 bits per heavy atom. The Morgan fingerprint density at radius 1 is 0.500 bits per heavy atom. The van der Waals surface area contributed by atoms with E-state index in [0.717, 1.165) is 77.2 Å². The Balaban J connectivity index is 1.27. The number of benzene rings is 6. The number of aliphatic imine (C=N–C) groups is 2.